The predicted molar refractivity (Wildman–Crippen MR) is 130 cm³/mol. The summed E-state index contributed by atoms with van der Waals surface area (Å²) in [5.41, 5.74) is 6.36. The molecule has 0 aliphatic carbocycles. The van der Waals surface area contributed by atoms with E-state index in [1.54, 1.807) is 0 Å². The van der Waals surface area contributed by atoms with Gasteiger partial charge in [0.2, 0.25) is 0 Å². The van der Waals surface area contributed by atoms with Crippen LogP contribution < -0.4 is 0 Å². The largest absolute Gasteiger partial charge is 0.306 e. The lowest BCUT2D eigenvalue weighted by Crippen LogP contribution is -2.04. The van der Waals surface area contributed by atoms with Crippen LogP contribution in [0.15, 0.2) is 103 Å². The second-order valence-electron chi connectivity index (χ2n) is 7.82. The zero-order valence-electron chi connectivity index (χ0n) is 16.2. The third-order valence-electron chi connectivity index (χ3n) is 6.17. The smallest absolute Gasteiger partial charge is 0.0719 e. The molecule has 0 aromatic heterocycles. The molecule has 0 amide bonds. The molecule has 7 rings (SSSR count). The number of hydrogen-bond donors (Lipinski definition) is 0. The Kier molecular flexibility index (Phi) is 3.21. The van der Waals surface area contributed by atoms with E-state index in [0.29, 0.717) is 0 Å². The summed E-state index contributed by atoms with van der Waals surface area (Å²) in [5.74, 6) is 0. The molecule has 0 saturated carbocycles. The Hall–Kier alpha value is -3.62. The molecule has 2 heteroatoms. The molecule has 0 saturated heterocycles. The zero-order chi connectivity index (χ0) is 19.7. The van der Waals surface area contributed by atoms with E-state index < -0.39 is 0 Å². The molecule has 0 fully saturated rings. The van der Waals surface area contributed by atoms with Crippen molar-refractivity contribution in [1.82, 2.24) is 4.57 Å². The second-order valence-corrected chi connectivity index (χ2v) is 8.90. The van der Waals surface area contributed by atoms with Crippen LogP contribution in [0, 0.1) is 0 Å². The van der Waals surface area contributed by atoms with E-state index in [1.165, 1.54) is 58.8 Å². The van der Waals surface area contributed by atoms with Gasteiger partial charge in [-0.15, -0.1) is 11.3 Å². The average molecular weight is 400 g/mol. The van der Waals surface area contributed by atoms with E-state index in [9.17, 15) is 0 Å². The molecule has 0 unspecified atom stereocenters. The van der Waals surface area contributed by atoms with Crippen molar-refractivity contribution in [3.8, 4) is 16.8 Å². The Balaban J connectivity index is 1.77. The Morgan fingerprint density at radius 1 is 0.533 bits per heavy atom. The highest BCUT2D eigenvalue weighted by atomic mass is 32.1. The van der Waals surface area contributed by atoms with Crippen LogP contribution in [0.4, 0.5) is 0 Å². The van der Waals surface area contributed by atoms with Gasteiger partial charge in [0.25, 0.3) is 0 Å². The van der Waals surface area contributed by atoms with Crippen molar-refractivity contribution >= 4 is 53.3 Å². The van der Waals surface area contributed by atoms with Crippen molar-refractivity contribution < 1.29 is 0 Å². The maximum absolute atomic E-state index is 2.47. The van der Waals surface area contributed by atoms with Crippen LogP contribution in [-0.4, -0.2) is 4.57 Å². The number of rotatable bonds is 1. The van der Waals surface area contributed by atoms with Crippen LogP contribution >= 0.6 is 11.3 Å². The predicted octanol–water partition coefficient (Wildman–Crippen LogP) is 8.26. The number of nitrogens with zero attached hydrogens (tertiary/aromatic N) is 1. The fourth-order valence-corrected chi connectivity index (χ4v) is 5.92. The standard InChI is InChI=1S/C28H17NS/c1-2-7-18(8-3-1)20-13-15-23-22(17-20)21-10-6-9-19-14-16-26-28(27(19)21)29(23)24-11-4-5-12-25(24)30-26/h1-17H. The van der Waals surface area contributed by atoms with Gasteiger partial charge in [0, 0.05) is 10.8 Å². The molecule has 140 valence electrons. The van der Waals surface area contributed by atoms with Crippen molar-refractivity contribution in [3.63, 3.8) is 0 Å². The van der Waals surface area contributed by atoms with Crippen molar-refractivity contribution in [2.45, 2.75) is 0 Å². The average Bonchev–Trinajstić information content (AvgIpc) is 2.82. The highest BCUT2D eigenvalue weighted by Gasteiger charge is 2.19. The summed E-state index contributed by atoms with van der Waals surface area (Å²) in [7, 11) is 0. The van der Waals surface area contributed by atoms with Gasteiger partial charge >= 0.3 is 0 Å². The highest BCUT2D eigenvalue weighted by Crippen LogP contribution is 2.44. The Morgan fingerprint density at radius 2 is 1.40 bits per heavy atom. The summed E-state index contributed by atoms with van der Waals surface area (Å²) in [6.07, 6.45) is 0. The molecular formula is C28H17NS. The van der Waals surface area contributed by atoms with Crippen LogP contribution in [-0.2, 0) is 0 Å². The summed E-state index contributed by atoms with van der Waals surface area (Å²) in [5, 5.41) is 5.28. The van der Waals surface area contributed by atoms with E-state index in [-0.39, 0.29) is 0 Å². The second kappa shape index (κ2) is 5.94. The Morgan fingerprint density at radius 3 is 2.33 bits per heavy atom. The van der Waals surface area contributed by atoms with Gasteiger partial charge in [-0.05, 0) is 52.2 Å². The van der Waals surface area contributed by atoms with Crippen LogP contribution in [0.5, 0.6) is 0 Å². The molecule has 2 heterocycles. The van der Waals surface area contributed by atoms with Crippen molar-refractivity contribution in [3.05, 3.63) is 103 Å². The van der Waals surface area contributed by atoms with E-state index in [4.69, 9.17) is 0 Å². The van der Waals surface area contributed by atoms with Gasteiger partial charge in [-0.3, -0.25) is 0 Å². The Bertz CT molecular complexity index is 1680. The first kappa shape index (κ1) is 16.2. The molecule has 2 aliphatic heterocycles. The number of pyridine rings is 1. The topological polar surface area (TPSA) is 4.93 Å². The lowest BCUT2D eigenvalue weighted by Gasteiger charge is -2.23. The lowest BCUT2D eigenvalue weighted by molar-refractivity contribution is 1.20. The first-order valence-electron chi connectivity index (χ1n) is 10.2. The third kappa shape index (κ3) is 2.11. The zero-order valence-corrected chi connectivity index (χ0v) is 17.0. The van der Waals surface area contributed by atoms with Crippen molar-refractivity contribution in [2.75, 3.05) is 0 Å². The highest BCUT2D eigenvalue weighted by molar-refractivity contribution is 7.24. The SMILES string of the molecule is c1ccc(-c2ccc3c(c2)c2cccc4ccc5sc6ccccc6n3-c5c42)cc1. The van der Waals surface area contributed by atoms with E-state index in [1.807, 2.05) is 11.3 Å². The van der Waals surface area contributed by atoms with Gasteiger partial charge < -0.3 is 4.57 Å². The molecule has 0 spiro atoms. The third-order valence-corrected chi connectivity index (χ3v) is 7.28. The van der Waals surface area contributed by atoms with E-state index >= 15 is 0 Å². The van der Waals surface area contributed by atoms with Gasteiger partial charge in [-0.25, -0.2) is 0 Å². The minimum atomic E-state index is 1.25. The van der Waals surface area contributed by atoms with Crippen LogP contribution in [0.2, 0.25) is 0 Å². The van der Waals surface area contributed by atoms with Gasteiger partial charge in [-0.1, -0.05) is 72.8 Å². The molecule has 30 heavy (non-hydrogen) atoms. The minimum absolute atomic E-state index is 1.25. The quantitative estimate of drug-likeness (QED) is 0.193. The fourth-order valence-electron chi connectivity index (χ4n) is 4.84. The molecule has 0 atom stereocenters. The normalized spacial score (nSPS) is 12.0. The lowest BCUT2D eigenvalue weighted by atomic mass is 9.95. The van der Waals surface area contributed by atoms with Crippen LogP contribution in [0.25, 0.3) is 58.8 Å². The number of aromatic nitrogens is 1. The summed E-state index contributed by atoms with van der Waals surface area (Å²) in [6, 6.07) is 37.5. The Labute approximate surface area is 177 Å². The summed E-state index contributed by atoms with van der Waals surface area (Å²) < 4.78 is 5.11. The maximum Gasteiger partial charge on any atom is 0.0719 e. The monoisotopic (exact) mass is 399 g/mol. The van der Waals surface area contributed by atoms with Crippen LogP contribution in [0.3, 0.4) is 0 Å². The number of fused-ring (bicyclic) bond motifs is 5. The first-order chi connectivity index (χ1) is 14.9. The first-order valence-corrected chi connectivity index (χ1v) is 11.0. The van der Waals surface area contributed by atoms with Gasteiger partial charge in [0.1, 0.15) is 0 Å². The molecule has 5 aromatic rings. The minimum Gasteiger partial charge on any atom is -0.306 e. The van der Waals surface area contributed by atoms with Crippen molar-refractivity contribution in [1.29, 1.82) is 0 Å². The number of para-hydroxylation sites is 1. The molecule has 0 N–H and O–H groups in total. The van der Waals surface area contributed by atoms with Gasteiger partial charge in [0.15, 0.2) is 0 Å². The molecule has 5 aromatic carbocycles. The maximum atomic E-state index is 2.47. The van der Waals surface area contributed by atoms with Crippen LogP contribution in [0.1, 0.15) is 0 Å². The van der Waals surface area contributed by atoms with Crippen molar-refractivity contribution in [2.24, 2.45) is 0 Å². The molecule has 1 nitrogen and oxygen atoms in total. The molecule has 2 aliphatic rings. The molecular weight excluding hydrogens is 382 g/mol. The van der Waals surface area contributed by atoms with Gasteiger partial charge in [-0.2, -0.15) is 0 Å². The summed E-state index contributed by atoms with van der Waals surface area (Å²) in [6.45, 7) is 0. The number of benzene rings is 5. The van der Waals surface area contributed by atoms with E-state index in [2.05, 4.69) is 108 Å². The summed E-state index contributed by atoms with van der Waals surface area (Å²) >= 11 is 1.88. The van der Waals surface area contributed by atoms with Gasteiger partial charge in [0.05, 0.1) is 26.1 Å². The molecule has 0 bridgehead atoms. The fraction of sp³-hybridized carbons (Fsp3) is 0. The molecule has 0 radical (unpaired) electrons. The summed E-state index contributed by atoms with van der Waals surface area (Å²) in [4.78, 5) is 0. The number of hydrogen-bond acceptors (Lipinski definition) is 1. The van der Waals surface area contributed by atoms with E-state index in [0.717, 1.165) is 0 Å².